The van der Waals surface area contributed by atoms with Crippen LogP contribution < -0.4 is 14.9 Å². The first-order valence-electron chi connectivity index (χ1n) is 11.4. The predicted molar refractivity (Wildman–Crippen MR) is 134 cm³/mol. The van der Waals surface area contributed by atoms with Gasteiger partial charge in [0, 0.05) is 5.56 Å². The molecular weight excluding hydrogens is 412 g/mol. The molecule has 0 aliphatic heterocycles. The first kappa shape index (κ1) is 22.7. The molecule has 170 valence electrons. The van der Waals surface area contributed by atoms with Crippen LogP contribution in [0.3, 0.4) is 0 Å². The molecule has 1 heterocycles. The Kier molecular flexibility index (Phi) is 6.83. The van der Waals surface area contributed by atoms with Crippen molar-refractivity contribution in [1.82, 2.24) is 0 Å². The van der Waals surface area contributed by atoms with Crippen LogP contribution in [0.5, 0.6) is 11.5 Å². The molecule has 0 atom stereocenters. The average molecular weight is 443 g/mol. The van der Waals surface area contributed by atoms with Gasteiger partial charge in [0.05, 0.1) is 18.6 Å². The van der Waals surface area contributed by atoms with Gasteiger partial charge in [-0.1, -0.05) is 53.6 Å². The lowest BCUT2D eigenvalue weighted by Gasteiger charge is -2.13. The van der Waals surface area contributed by atoms with E-state index in [-0.39, 0.29) is 11.2 Å². The first-order valence-corrected chi connectivity index (χ1v) is 11.4. The van der Waals surface area contributed by atoms with Crippen molar-refractivity contribution in [1.29, 1.82) is 0 Å². The molecule has 0 aliphatic carbocycles. The molecule has 0 N–H and O–H groups in total. The molecule has 0 bridgehead atoms. The fraction of sp³-hybridized carbons (Fsp3) is 0.276. The first-order chi connectivity index (χ1) is 15.9. The second-order valence-electron chi connectivity index (χ2n) is 8.63. The summed E-state index contributed by atoms with van der Waals surface area (Å²) in [7, 11) is 0. The Balaban J connectivity index is 1.53. The van der Waals surface area contributed by atoms with E-state index in [9.17, 15) is 4.79 Å². The minimum atomic E-state index is -0.130. The molecule has 3 aromatic carbocycles. The van der Waals surface area contributed by atoms with E-state index in [1.807, 2.05) is 81.4 Å². The van der Waals surface area contributed by atoms with Gasteiger partial charge >= 0.3 is 0 Å². The Morgan fingerprint density at radius 1 is 0.727 bits per heavy atom. The smallest absolute Gasteiger partial charge is 0.235 e. The van der Waals surface area contributed by atoms with Gasteiger partial charge in [-0.3, -0.25) is 4.79 Å². The van der Waals surface area contributed by atoms with Gasteiger partial charge in [0.1, 0.15) is 11.3 Å². The number of aryl methyl sites for hydroxylation is 4. The Morgan fingerprint density at radius 2 is 1.33 bits per heavy atom. The number of fused-ring (bicyclic) bond motifs is 1. The molecule has 1 aromatic heterocycles. The van der Waals surface area contributed by atoms with Gasteiger partial charge < -0.3 is 13.9 Å². The Morgan fingerprint density at radius 3 is 2.00 bits per heavy atom. The molecule has 0 aliphatic rings. The SMILES string of the molecule is Cc1ccc(OCCCCOc2c(-c3ccc(C)cc3)oc3c(C)cc(C)cc3c2=O)cc1. The van der Waals surface area contributed by atoms with Gasteiger partial charge in [-0.05, 0) is 69.9 Å². The molecule has 0 radical (unpaired) electrons. The highest BCUT2D eigenvalue weighted by Gasteiger charge is 2.19. The van der Waals surface area contributed by atoms with Crippen molar-refractivity contribution in [3.05, 3.63) is 93.1 Å². The Bertz CT molecular complexity index is 1300. The van der Waals surface area contributed by atoms with Crippen molar-refractivity contribution >= 4 is 11.0 Å². The number of hydrogen-bond acceptors (Lipinski definition) is 4. The summed E-state index contributed by atoms with van der Waals surface area (Å²) in [5, 5.41) is 0.557. The van der Waals surface area contributed by atoms with E-state index >= 15 is 0 Å². The van der Waals surface area contributed by atoms with E-state index in [0.29, 0.717) is 29.9 Å². The molecule has 4 aromatic rings. The minimum absolute atomic E-state index is 0.130. The van der Waals surface area contributed by atoms with Crippen molar-refractivity contribution in [2.24, 2.45) is 0 Å². The Labute approximate surface area is 194 Å². The average Bonchev–Trinajstić information content (AvgIpc) is 2.79. The van der Waals surface area contributed by atoms with Crippen LogP contribution >= 0.6 is 0 Å². The lowest BCUT2D eigenvalue weighted by molar-refractivity contribution is 0.263. The minimum Gasteiger partial charge on any atom is -0.494 e. The van der Waals surface area contributed by atoms with Crippen LogP contribution in [0.15, 0.2) is 69.9 Å². The molecule has 33 heavy (non-hydrogen) atoms. The van der Waals surface area contributed by atoms with Crippen LogP contribution in [0, 0.1) is 27.7 Å². The van der Waals surface area contributed by atoms with Crippen molar-refractivity contribution in [3.8, 4) is 22.8 Å². The van der Waals surface area contributed by atoms with Crippen LogP contribution in [-0.2, 0) is 0 Å². The molecule has 0 unspecified atom stereocenters. The third-order valence-electron chi connectivity index (χ3n) is 5.67. The summed E-state index contributed by atoms with van der Waals surface area (Å²) in [5.74, 6) is 1.62. The molecule has 0 saturated heterocycles. The zero-order valence-corrected chi connectivity index (χ0v) is 19.7. The summed E-state index contributed by atoms with van der Waals surface area (Å²) >= 11 is 0. The molecule has 0 spiro atoms. The zero-order valence-electron chi connectivity index (χ0n) is 19.7. The summed E-state index contributed by atoms with van der Waals surface area (Å²) in [6, 6.07) is 19.9. The van der Waals surface area contributed by atoms with Crippen LogP contribution in [0.1, 0.15) is 35.1 Å². The molecule has 0 saturated carbocycles. The summed E-state index contributed by atoms with van der Waals surface area (Å²) in [5.41, 5.74) is 5.63. The molecule has 4 nitrogen and oxygen atoms in total. The van der Waals surface area contributed by atoms with Crippen molar-refractivity contribution in [3.63, 3.8) is 0 Å². The maximum atomic E-state index is 13.4. The maximum Gasteiger partial charge on any atom is 0.235 e. The molecule has 0 amide bonds. The van der Waals surface area contributed by atoms with E-state index in [1.165, 1.54) is 5.56 Å². The zero-order chi connectivity index (χ0) is 23.4. The fourth-order valence-electron chi connectivity index (χ4n) is 3.86. The van der Waals surface area contributed by atoms with Gasteiger partial charge in [-0.25, -0.2) is 0 Å². The number of hydrogen-bond donors (Lipinski definition) is 0. The van der Waals surface area contributed by atoms with E-state index in [4.69, 9.17) is 13.9 Å². The van der Waals surface area contributed by atoms with Gasteiger partial charge in [0.2, 0.25) is 11.2 Å². The van der Waals surface area contributed by atoms with Gasteiger partial charge in [-0.2, -0.15) is 0 Å². The van der Waals surface area contributed by atoms with Crippen LogP contribution in [0.4, 0.5) is 0 Å². The monoisotopic (exact) mass is 442 g/mol. The number of unbranched alkanes of at least 4 members (excludes halogenated alkanes) is 1. The number of benzene rings is 3. The summed E-state index contributed by atoms with van der Waals surface area (Å²) < 4.78 is 18.1. The highest BCUT2D eigenvalue weighted by Crippen LogP contribution is 2.32. The van der Waals surface area contributed by atoms with Gasteiger partial charge in [0.15, 0.2) is 5.76 Å². The predicted octanol–water partition coefficient (Wildman–Crippen LogP) is 6.93. The topological polar surface area (TPSA) is 48.7 Å². The summed E-state index contributed by atoms with van der Waals surface area (Å²) in [6.45, 7) is 9.04. The van der Waals surface area contributed by atoms with E-state index in [1.54, 1.807) is 0 Å². The molecular formula is C29H30O4. The summed E-state index contributed by atoms with van der Waals surface area (Å²) in [4.78, 5) is 13.4. The lowest BCUT2D eigenvalue weighted by atomic mass is 10.0. The normalized spacial score (nSPS) is 11.0. The maximum absolute atomic E-state index is 13.4. The van der Waals surface area contributed by atoms with Gasteiger partial charge in [-0.15, -0.1) is 0 Å². The second kappa shape index (κ2) is 9.95. The fourth-order valence-corrected chi connectivity index (χ4v) is 3.86. The van der Waals surface area contributed by atoms with Crippen LogP contribution in [0.2, 0.25) is 0 Å². The second-order valence-corrected chi connectivity index (χ2v) is 8.63. The molecule has 0 fully saturated rings. The van der Waals surface area contributed by atoms with E-state index in [2.05, 4.69) is 6.92 Å². The van der Waals surface area contributed by atoms with Crippen LogP contribution in [0.25, 0.3) is 22.3 Å². The Hall–Kier alpha value is -3.53. The van der Waals surface area contributed by atoms with E-state index < -0.39 is 0 Å². The quantitative estimate of drug-likeness (QED) is 0.278. The third-order valence-corrected chi connectivity index (χ3v) is 5.67. The third kappa shape index (κ3) is 5.28. The van der Waals surface area contributed by atoms with Crippen molar-refractivity contribution in [2.75, 3.05) is 13.2 Å². The van der Waals surface area contributed by atoms with Crippen molar-refractivity contribution < 1.29 is 13.9 Å². The molecule has 4 rings (SSSR count). The number of rotatable bonds is 8. The van der Waals surface area contributed by atoms with Crippen molar-refractivity contribution in [2.45, 2.75) is 40.5 Å². The van der Waals surface area contributed by atoms with Gasteiger partial charge in [0.25, 0.3) is 0 Å². The highest BCUT2D eigenvalue weighted by molar-refractivity contribution is 5.85. The molecule has 4 heteroatoms. The number of ether oxygens (including phenoxy) is 2. The lowest BCUT2D eigenvalue weighted by Crippen LogP contribution is -2.12. The highest BCUT2D eigenvalue weighted by atomic mass is 16.5. The largest absolute Gasteiger partial charge is 0.494 e. The van der Waals surface area contributed by atoms with E-state index in [0.717, 1.165) is 40.8 Å². The standard InChI is InChI=1S/C29H30O4/c1-19-7-11-23(12-8-19)28-29(26(30)25-18-21(3)17-22(4)27(25)33-28)32-16-6-5-15-31-24-13-9-20(2)10-14-24/h7-14,17-18H,5-6,15-16H2,1-4H3. The summed E-state index contributed by atoms with van der Waals surface area (Å²) in [6.07, 6.45) is 1.59. The van der Waals surface area contributed by atoms with Crippen LogP contribution in [-0.4, -0.2) is 13.2 Å².